The Labute approximate surface area is 178 Å². The highest BCUT2D eigenvalue weighted by Crippen LogP contribution is 2.25. The standard InChI is InChI=1S/C20H19ClFNO6S/c1-13(19(24)14-2-4-15(22)5-3-14)29-20(25)17-12-16(6-7-18(17)21)30(26,27)23-8-10-28-11-9-23/h2-7,12-13H,8-11H2,1H3. The molecule has 2 aromatic carbocycles. The lowest BCUT2D eigenvalue weighted by Crippen LogP contribution is -2.40. The van der Waals surface area contributed by atoms with Crippen LogP contribution in [0.3, 0.4) is 0 Å². The molecule has 160 valence electrons. The van der Waals surface area contributed by atoms with Gasteiger partial charge in [0.05, 0.1) is 28.7 Å². The Morgan fingerprint density at radius 1 is 1.13 bits per heavy atom. The minimum atomic E-state index is -3.84. The fraction of sp³-hybridized carbons (Fsp3) is 0.300. The SMILES string of the molecule is CC(OC(=O)c1cc(S(=O)(=O)N2CCOCC2)ccc1Cl)C(=O)c1ccc(F)cc1. The van der Waals surface area contributed by atoms with Crippen molar-refractivity contribution in [2.75, 3.05) is 26.3 Å². The molecular weight excluding hydrogens is 437 g/mol. The third kappa shape index (κ3) is 4.86. The van der Waals surface area contributed by atoms with Gasteiger partial charge in [-0.3, -0.25) is 4.79 Å². The minimum Gasteiger partial charge on any atom is -0.451 e. The molecule has 0 aliphatic carbocycles. The van der Waals surface area contributed by atoms with Gasteiger partial charge in [-0.1, -0.05) is 11.6 Å². The van der Waals surface area contributed by atoms with Gasteiger partial charge >= 0.3 is 5.97 Å². The van der Waals surface area contributed by atoms with E-state index in [0.29, 0.717) is 0 Å². The van der Waals surface area contributed by atoms with Crippen molar-refractivity contribution in [3.05, 3.63) is 64.4 Å². The average Bonchev–Trinajstić information content (AvgIpc) is 2.74. The van der Waals surface area contributed by atoms with E-state index in [2.05, 4.69) is 0 Å². The molecule has 30 heavy (non-hydrogen) atoms. The van der Waals surface area contributed by atoms with E-state index in [-0.39, 0.29) is 47.3 Å². The molecule has 1 atom stereocenters. The van der Waals surface area contributed by atoms with Crippen LogP contribution >= 0.6 is 11.6 Å². The predicted molar refractivity (Wildman–Crippen MR) is 107 cm³/mol. The van der Waals surface area contributed by atoms with Gasteiger partial charge in [-0.05, 0) is 49.4 Å². The van der Waals surface area contributed by atoms with Gasteiger partial charge in [0.15, 0.2) is 6.10 Å². The highest BCUT2D eigenvalue weighted by molar-refractivity contribution is 7.89. The number of hydrogen-bond donors (Lipinski definition) is 0. The van der Waals surface area contributed by atoms with E-state index in [4.69, 9.17) is 21.1 Å². The van der Waals surface area contributed by atoms with Crippen LogP contribution in [0.2, 0.25) is 5.02 Å². The van der Waals surface area contributed by atoms with E-state index in [9.17, 15) is 22.4 Å². The van der Waals surface area contributed by atoms with E-state index in [0.717, 1.165) is 18.2 Å². The summed E-state index contributed by atoms with van der Waals surface area (Å²) in [5, 5.41) is -0.0117. The fourth-order valence-electron chi connectivity index (χ4n) is 2.88. The van der Waals surface area contributed by atoms with E-state index in [1.165, 1.54) is 35.5 Å². The predicted octanol–water partition coefficient (Wildman–Crippen LogP) is 2.93. The summed E-state index contributed by atoms with van der Waals surface area (Å²) in [5.41, 5.74) is -0.00352. The first-order chi connectivity index (χ1) is 14.2. The van der Waals surface area contributed by atoms with Crippen LogP contribution in [-0.2, 0) is 19.5 Å². The maximum atomic E-state index is 13.0. The van der Waals surface area contributed by atoms with Gasteiger partial charge in [0.25, 0.3) is 0 Å². The van der Waals surface area contributed by atoms with E-state index in [1.54, 1.807) is 0 Å². The molecule has 0 N–H and O–H groups in total. The molecule has 0 radical (unpaired) electrons. The van der Waals surface area contributed by atoms with Crippen molar-refractivity contribution < 1.29 is 31.9 Å². The number of rotatable bonds is 6. The topological polar surface area (TPSA) is 90.0 Å². The third-order valence-electron chi connectivity index (χ3n) is 4.55. The number of halogens is 2. The summed E-state index contributed by atoms with van der Waals surface area (Å²) in [4.78, 5) is 24.9. The Kier molecular flexibility index (Phi) is 6.87. The quantitative estimate of drug-likeness (QED) is 0.491. The van der Waals surface area contributed by atoms with Crippen LogP contribution in [0.5, 0.6) is 0 Å². The zero-order valence-corrected chi connectivity index (χ0v) is 17.6. The summed E-state index contributed by atoms with van der Waals surface area (Å²) in [7, 11) is -3.84. The number of ether oxygens (including phenoxy) is 2. The lowest BCUT2D eigenvalue weighted by Gasteiger charge is -2.26. The Balaban J connectivity index is 1.79. The Morgan fingerprint density at radius 3 is 2.40 bits per heavy atom. The second-order valence-electron chi connectivity index (χ2n) is 6.58. The maximum absolute atomic E-state index is 13.0. The Hall–Kier alpha value is -2.33. The van der Waals surface area contributed by atoms with Gasteiger partial charge in [0.2, 0.25) is 15.8 Å². The highest BCUT2D eigenvalue weighted by atomic mass is 35.5. The van der Waals surface area contributed by atoms with Crippen molar-refractivity contribution in [3.8, 4) is 0 Å². The molecule has 0 aromatic heterocycles. The van der Waals surface area contributed by atoms with Crippen molar-refractivity contribution in [3.63, 3.8) is 0 Å². The molecule has 0 spiro atoms. The zero-order valence-electron chi connectivity index (χ0n) is 16.0. The number of esters is 1. The molecular formula is C20H19ClFNO6S. The van der Waals surface area contributed by atoms with Crippen LogP contribution in [0.15, 0.2) is 47.4 Å². The second-order valence-corrected chi connectivity index (χ2v) is 8.92. The second kappa shape index (κ2) is 9.22. The smallest absolute Gasteiger partial charge is 0.340 e. The first kappa shape index (κ1) is 22.4. The molecule has 1 unspecified atom stereocenters. The summed E-state index contributed by atoms with van der Waals surface area (Å²) >= 11 is 6.07. The van der Waals surface area contributed by atoms with E-state index in [1.807, 2.05) is 0 Å². The molecule has 0 bridgehead atoms. The monoisotopic (exact) mass is 455 g/mol. The maximum Gasteiger partial charge on any atom is 0.340 e. The van der Waals surface area contributed by atoms with Gasteiger partial charge in [-0.2, -0.15) is 4.31 Å². The van der Waals surface area contributed by atoms with Gasteiger partial charge in [0, 0.05) is 18.7 Å². The Morgan fingerprint density at radius 2 is 1.77 bits per heavy atom. The van der Waals surface area contributed by atoms with Crippen molar-refractivity contribution in [1.82, 2.24) is 4.31 Å². The molecule has 3 rings (SSSR count). The number of benzene rings is 2. The first-order valence-electron chi connectivity index (χ1n) is 9.08. The molecule has 10 heteroatoms. The summed E-state index contributed by atoms with van der Waals surface area (Å²) < 4.78 is 50.2. The van der Waals surface area contributed by atoms with Crippen LogP contribution in [0.4, 0.5) is 4.39 Å². The van der Waals surface area contributed by atoms with Gasteiger partial charge in [0.1, 0.15) is 5.82 Å². The summed E-state index contributed by atoms with van der Waals surface area (Å²) in [6.45, 7) is 2.34. The molecule has 1 aliphatic heterocycles. The number of ketones is 1. The highest BCUT2D eigenvalue weighted by Gasteiger charge is 2.29. The molecule has 0 saturated carbocycles. The molecule has 1 aliphatic rings. The summed E-state index contributed by atoms with van der Waals surface area (Å²) in [6.07, 6.45) is -1.18. The molecule has 2 aromatic rings. The number of carbonyl (C=O) groups excluding carboxylic acids is 2. The summed E-state index contributed by atoms with van der Waals surface area (Å²) in [6, 6.07) is 8.53. The van der Waals surface area contributed by atoms with Crippen molar-refractivity contribution in [2.24, 2.45) is 0 Å². The van der Waals surface area contributed by atoms with Crippen LogP contribution in [0.25, 0.3) is 0 Å². The average molecular weight is 456 g/mol. The molecule has 1 saturated heterocycles. The number of nitrogens with zero attached hydrogens (tertiary/aromatic N) is 1. The van der Waals surface area contributed by atoms with Gasteiger partial charge in [-0.15, -0.1) is 0 Å². The van der Waals surface area contributed by atoms with Crippen LogP contribution in [0.1, 0.15) is 27.6 Å². The number of hydrogen-bond acceptors (Lipinski definition) is 6. The zero-order chi connectivity index (χ0) is 21.9. The lowest BCUT2D eigenvalue weighted by atomic mass is 10.1. The van der Waals surface area contributed by atoms with E-state index >= 15 is 0 Å². The normalized spacial score (nSPS) is 16.1. The first-order valence-corrected chi connectivity index (χ1v) is 10.9. The van der Waals surface area contributed by atoms with Crippen LogP contribution < -0.4 is 0 Å². The molecule has 0 amide bonds. The third-order valence-corrected chi connectivity index (χ3v) is 6.77. The number of morpholine rings is 1. The fourth-order valence-corrected chi connectivity index (χ4v) is 4.51. The van der Waals surface area contributed by atoms with Gasteiger partial charge < -0.3 is 9.47 Å². The van der Waals surface area contributed by atoms with Crippen molar-refractivity contribution in [2.45, 2.75) is 17.9 Å². The van der Waals surface area contributed by atoms with Crippen molar-refractivity contribution >= 4 is 33.4 Å². The Bertz CT molecular complexity index is 1050. The summed E-state index contributed by atoms with van der Waals surface area (Å²) in [5.74, 6) is -1.97. The molecule has 1 heterocycles. The number of sulfonamides is 1. The van der Waals surface area contributed by atoms with Crippen LogP contribution in [0, 0.1) is 5.82 Å². The molecule has 7 nitrogen and oxygen atoms in total. The van der Waals surface area contributed by atoms with Gasteiger partial charge in [-0.25, -0.2) is 17.6 Å². The number of Topliss-reactive ketones (excluding diaryl/α,β-unsaturated/α-hetero) is 1. The minimum absolute atomic E-state index is 0.0117. The van der Waals surface area contributed by atoms with Crippen molar-refractivity contribution in [1.29, 1.82) is 0 Å². The lowest BCUT2D eigenvalue weighted by molar-refractivity contribution is 0.0318. The molecule has 1 fully saturated rings. The van der Waals surface area contributed by atoms with E-state index < -0.39 is 33.7 Å². The number of carbonyl (C=O) groups is 2. The van der Waals surface area contributed by atoms with Crippen LogP contribution in [-0.4, -0.2) is 56.9 Å². The largest absolute Gasteiger partial charge is 0.451 e.